The van der Waals surface area contributed by atoms with Gasteiger partial charge in [0.2, 0.25) is 5.79 Å². The Bertz CT molecular complexity index is 733. The Morgan fingerprint density at radius 1 is 1.26 bits per heavy atom. The topological polar surface area (TPSA) is 145 Å². The Hall–Kier alpha value is -1.15. The molecular weight excluding hydrogens is 450 g/mol. The highest BCUT2D eigenvalue weighted by molar-refractivity contribution is 5.82. The van der Waals surface area contributed by atoms with Crippen LogP contribution < -0.4 is 5.32 Å². The number of carbonyl (C=O) groups is 1. The summed E-state index contributed by atoms with van der Waals surface area (Å²) >= 11 is 0. The summed E-state index contributed by atoms with van der Waals surface area (Å²) in [5.41, 5.74) is 0.227. The summed E-state index contributed by atoms with van der Waals surface area (Å²) in [6.45, 7) is 9.12. The summed E-state index contributed by atoms with van der Waals surface area (Å²) < 4.78 is 34.8. The lowest BCUT2D eigenvalue weighted by molar-refractivity contribution is -0.332. The van der Waals surface area contributed by atoms with E-state index in [0.717, 1.165) is 5.57 Å². The fraction of sp³-hybridized carbons (Fsp3) is 0.870. The van der Waals surface area contributed by atoms with Crippen molar-refractivity contribution in [3.63, 3.8) is 0 Å². The summed E-state index contributed by atoms with van der Waals surface area (Å²) in [7, 11) is 2.93. The van der Waals surface area contributed by atoms with E-state index in [9.17, 15) is 20.1 Å². The highest BCUT2D eigenvalue weighted by Gasteiger charge is 2.57. The number of aliphatic hydroxyl groups excluding tert-OH is 3. The summed E-state index contributed by atoms with van der Waals surface area (Å²) in [4.78, 5) is 13.1. The molecule has 196 valence electrons. The van der Waals surface area contributed by atoms with Gasteiger partial charge in [0.25, 0.3) is 5.91 Å². The van der Waals surface area contributed by atoms with E-state index < -0.39 is 66.6 Å². The Balaban J connectivity index is 1.79. The van der Waals surface area contributed by atoms with Gasteiger partial charge in [0.05, 0.1) is 31.0 Å². The third kappa shape index (κ3) is 5.32. The molecule has 34 heavy (non-hydrogen) atoms. The molecular formula is C23H39NO10. The summed E-state index contributed by atoms with van der Waals surface area (Å²) in [6, 6.07) is 0. The Morgan fingerprint density at radius 2 is 1.97 bits per heavy atom. The molecule has 3 rings (SSSR count). The number of hydrogen-bond acceptors (Lipinski definition) is 10. The molecule has 3 heterocycles. The number of nitrogens with one attached hydrogen (secondary N) is 1. The van der Waals surface area contributed by atoms with E-state index in [1.807, 2.05) is 20.8 Å². The van der Waals surface area contributed by atoms with Gasteiger partial charge in [0.1, 0.15) is 19.0 Å². The molecule has 4 N–H and O–H groups in total. The molecule has 1 unspecified atom stereocenters. The van der Waals surface area contributed by atoms with Crippen molar-refractivity contribution in [3.05, 3.63) is 12.2 Å². The van der Waals surface area contributed by atoms with Gasteiger partial charge in [-0.1, -0.05) is 26.0 Å². The first-order valence-corrected chi connectivity index (χ1v) is 11.6. The zero-order valence-corrected chi connectivity index (χ0v) is 20.6. The molecule has 0 aliphatic carbocycles. The molecule has 11 heteroatoms. The minimum absolute atomic E-state index is 0.120. The van der Waals surface area contributed by atoms with Crippen LogP contribution in [0.1, 0.15) is 40.0 Å². The lowest BCUT2D eigenvalue weighted by Gasteiger charge is -2.54. The summed E-state index contributed by atoms with van der Waals surface area (Å²) in [5.74, 6) is -2.33. The molecule has 0 bridgehead atoms. The Kier molecular flexibility index (Phi) is 8.76. The zero-order valence-electron chi connectivity index (χ0n) is 20.6. The number of carbonyl (C=O) groups excluding carboxylic acids is 1. The standard InChI is InChI=1S/C23H39NO10/c1-12-7-13(2)34-23(9-12,30-6)18(27)20(28)24-21-17-16(31-11-32-21)19(29-5)22(3,4)15(33-17)8-14(26)10-25/h13-19,21,25-27H,1,7-11H2,2-6H3,(H,24,28)/t13-,14+,15-,16?,17+,18-,19-,21+,23-/m1/s1. The fourth-order valence-corrected chi connectivity index (χ4v) is 5.24. The monoisotopic (exact) mass is 489 g/mol. The molecule has 3 saturated heterocycles. The summed E-state index contributed by atoms with van der Waals surface area (Å²) in [6.07, 6.45) is -5.34. The van der Waals surface area contributed by atoms with Crippen LogP contribution in [0.2, 0.25) is 0 Å². The van der Waals surface area contributed by atoms with Crippen LogP contribution in [0.3, 0.4) is 0 Å². The van der Waals surface area contributed by atoms with Crippen LogP contribution in [0.4, 0.5) is 0 Å². The molecule has 11 nitrogen and oxygen atoms in total. The smallest absolute Gasteiger partial charge is 0.256 e. The Morgan fingerprint density at radius 3 is 2.56 bits per heavy atom. The van der Waals surface area contributed by atoms with Crippen LogP contribution in [0.5, 0.6) is 0 Å². The van der Waals surface area contributed by atoms with E-state index in [1.54, 1.807) is 7.11 Å². The van der Waals surface area contributed by atoms with Gasteiger partial charge in [0, 0.05) is 32.5 Å². The molecule has 0 aromatic heterocycles. The maximum Gasteiger partial charge on any atom is 0.256 e. The van der Waals surface area contributed by atoms with Crippen molar-refractivity contribution >= 4 is 5.91 Å². The van der Waals surface area contributed by atoms with Gasteiger partial charge in [-0.05, 0) is 13.3 Å². The number of amides is 1. The molecule has 9 atom stereocenters. The van der Waals surface area contributed by atoms with Crippen molar-refractivity contribution in [2.45, 2.75) is 94.8 Å². The normalized spacial score (nSPS) is 39.7. The number of hydrogen-bond donors (Lipinski definition) is 4. The fourth-order valence-electron chi connectivity index (χ4n) is 5.24. The SMILES string of the molecule is C=C1C[C@@H](C)O[C@@](OC)([C@H](O)C(=O)N[C@H]2OCOC3[C@@H](OC)C(C)(C)[C@@H](C[C@H](O)CO)O[C@@H]32)C1. The first kappa shape index (κ1) is 27.4. The van der Waals surface area contributed by atoms with Gasteiger partial charge in [-0.2, -0.15) is 0 Å². The first-order chi connectivity index (χ1) is 16.0. The lowest BCUT2D eigenvalue weighted by atomic mass is 9.72. The van der Waals surface area contributed by atoms with Crippen molar-refractivity contribution in [2.75, 3.05) is 27.6 Å². The molecule has 0 radical (unpaired) electrons. The van der Waals surface area contributed by atoms with Crippen LogP contribution in [0, 0.1) is 5.41 Å². The third-order valence-corrected chi connectivity index (χ3v) is 7.03. The van der Waals surface area contributed by atoms with E-state index in [-0.39, 0.29) is 25.7 Å². The highest BCUT2D eigenvalue weighted by atomic mass is 16.7. The Labute approximate surface area is 200 Å². The molecule has 1 amide bonds. The summed E-state index contributed by atoms with van der Waals surface area (Å²) in [5, 5.41) is 33.0. The quantitative estimate of drug-likeness (QED) is 0.339. The van der Waals surface area contributed by atoms with E-state index >= 15 is 0 Å². The lowest BCUT2D eigenvalue weighted by Crippen LogP contribution is -2.69. The van der Waals surface area contributed by atoms with Crippen LogP contribution in [-0.4, -0.2) is 104 Å². The number of fused-ring (bicyclic) bond motifs is 1. The van der Waals surface area contributed by atoms with E-state index in [2.05, 4.69) is 11.9 Å². The largest absolute Gasteiger partial charge is 0.394 e. The van der Waals surface area contributed by atoms with Crippen molar-refractivity contribution < 1.29 is 48.5 Å². The molecule has 0 spiro atoms. The number of methoxy groups -OCH3 is 2. The molecule has 0 saturated carbocycles. The predicted octanol–water partition coefficient (Wildman–Crippen LogP) is -0.188. The number of rotatable bonds is 8. The van der Waals surface area contributed by atoms with E-state index in [4.69, 9.17) is 28.4 Å². The van der Waals surface area contributed by atoms with Gasteiger partial charge in [-0.25, -0.2) is 0 Å². The van der Waals surface area contributed by atoms with E-state index in [0.29, 0.717) is 6.42 Å². The van der Waals surface area contributed by atoms with Gasteiger partial charge < -0.3 is 49.1 Å². The van der Waals surface area contributed by atoms with Crippen molar-refractivity contribution in [3.8, 4) is 0 Å². The van der Waals surface area contributed by atoms with Crippen LogP contribution in [0.15, 0.2) is 12.2 Å². The first-order valence-electron chi connectivity index (χ1n) is 11.6. The van der Waals surface area contributed by atoms with Crippen LogP contribution in [-0.2, 0) is 33.2 Å². The molecule has 3 aliphatic rings. The van der Waals surface area contributed by atoms with Crippen LogP contribution >= 0.6 is 0 Å². The second-order valence-corrected chi connectivity index (χ2v) is 9.96. The number of ether oxygens (including phenoxy) is 6. The average Bonchev–Trinajstić information content (AvgIpc) is 2.78. The van der Waals surface area contributed by atoms with Gasteiger partial charge in [-0.3, -0.25) is 4.79 Å². The molecule has 0 aromatic carbocycles. The van der Waals surface area contributed by atoms with Gasteiger partial charge in [-0.15, -0.1) is 0 Å². The van der Waals surface area contributed by atoms with Crippen molar-refractivity contribution in [1.82, 2.24) is 5.32 Å². The second-order valence-electron chi connectivity index (χ2n) is 9.96. The minimum Gasteiger partial charge on any atom is -0.394 e. The molecule has 3 aliphatic heterocycles. The van der Waals surface area contributed by atoms with E-state index in [1.165, 1.54) is 7.11 Å². The second kappa shape index (κ2) is 10.9. The third-order valence-electron chi connectivity index (χ3n) is 7.03. The zero-order chi connectivity index (χ0) is 25.3. The van der Waals surface area contributed by atoms with Crippen molar-refractivity contribution in [2.24, 2.45) is 5.41 Å². The predicted molar refractivity (Wildman–Crippen MR) is 118 cm³/mol. The van der Waals surface area contributed by atoms with Gasteiger partial charge in [0.15, 0.2) is 12.3 Å². The van der Waals surface area contributed by atoms with Gasteiger partial charge >= 0.3 is 0 Å². The highest BCUT2D eigenvalue weighted by Crippen LogP contribution is 2.43. The minimum atomic E-state index is -1.66. The molecule has 3 fully saturated rings. The van der Waals surface area contributed by atoms with Crippen LogP contribution in [0.25, 0.3) is 0 Å². The average molecular weight is 490 g/mol. The number of aliphatic hydroxyl groups is 3. The van der Waals surface area contributed by atoms with Crippen molar-refractivity contribution in [1.29, 1.82) is 0 Å². The maximum absolute atomic E-state index is 13.1. The maximum atomic E-state index is 13.1. The molecule has 0 aromatic rings.